The molecule has 0 aliphatic carbocycles. The molecule has 3 heteroatoms. The SMILES string of the molecule is COC(N)C[I-]C. The Balaban J connectivity index is 2.83. The summed E-state index contributed by atoms with van der Waals surface area (Å²) in [5, 5.41) is 0. The molecule has 0 spiro atoms. The van der Waals surface area contributed by atoms with Gasteiger partial charge in [0, 0.05) is 0 Å². The van der Waals surface area contributed by atoms with Gasteiger partial charge in [0.2, 0.25) is 0 Å². The van der Waals surface area contributed by atoms with Crippen LogP contribution in [0.3, 0.4) is 0 Å². The van der Waals surface area contributed by atoms with Crippen LogP contribution in [0.2, 0.25) is 0 Å². The molecule has 7 heavy (non-hydrogen) atoms. The zero-order chi connectivity index (χ0) is 5.70. The Labute approximate surface area is 54.7 Å². The van der Waals surface area contributed by atoms with Crippen LogP contribution in [0.4, 0.5) is 0 Å². The van der Waals surface area contributed by atoms with E-state index < -0.39 is 0 Å². The van der Waals surface area contributed by atoms with E-state index >= 15 is 0 Å². The summed E-state index contributed by atoms with van der Waals surface area (Å²) in [6, 6.07) is 0. The van der Waals surface area contributed by atoms with Crippen molar-refractivity contribution >= 4 is 0 Å². The van der Waals surface area contributed by atoms with E-state index in [-0.39, 0.29) is 6.23 Å². The van der Waals surface area contributed by atoms with Gasteiger partial charge in [-0.1, -0.05) is 0 Å². The summed E-state index contributed by atoms with van der Waals surface area (Å²) in [6.45, 7) is 0. The van der Waals surface area contributed by atoms with Crippen LogP contribution in [0.25, 0.3) is 0 Å². The van der Waals surface area contributed by atoms with Crippen molar-refractivity contribution in [2.24, 2.45) is 5.73 Å². The number of ether oxygens (including phenoxy) is 1. The molecule has 0 amide bonds. The molecule has 2 N–H and O–H groups in total. The second-order valence-electron chi connectivity index (χ2n) is 1.20. The molecule has 0 radical (unpaired) electrons. The molecule has 0 aromatic heterocycles. The molecule has 1 unspecified atom stereocenters. The van der Waals surface area contributed by atoms with E-state index in [4.69, 9.17) is 10.5 Å². The first-order chi connectivity index (χ1) is 3.31. The minimum absolute atomic E-state index is 0.00204. The standard InChI is InChI=1S/C4H11INO/c1-5-3-4(6)7-2/h4H,3,6H2,1-2H3/q-1. The first-order valence-electron chi connectivity index (χ1n) is 2.03. The van der Waals surface area contributed by atoms with Gasteiger partial charge in [-0.3, -0.25) is 0 Å². The van der Waals surface area contributed by atoms with Gasteiger partial charge in [0.1, 0.15) is 0 Å². The van der Waals surface area contributed by atoms with E-state index in [0.29, 0.717) is 21.2 Å². The fraction of sp³-hybridized carbons (Fsp3) is 1.00. The Kier molecular flexibility index (Phi) is 5.25. The Hall–Kier alpha value is 0.650. The molecule has 0 aliphatic heterocycles. The molecular formula is C4H11INO-. The second kappa shape index (κ2) is 4.80. The van der Waals surface area contributed by atoms with Gasteiger partial charge >= 0.3 is 54.4 Å². The van der Waals surface area contributed by atoms with Crippen molar-refractivity contribution in [1.82, 2.24) is 0 Å². The Morgan fingerprint density at radius 2 is 2.43 bits per heavy atom. The summed E-state index contributed by atoms with van der Waals surface area (Å²) < 4.78 is 5.86. The first kappa shape index (κ1) is 7.65. The van der Waals surface area contributed by atoms with Gasteiger partial charge < -0.3 is 0 Å². The predicted octanol–water partition coefficient (Wildman–Crippen LogP) is -3.36. The van der Waals surface area contributed by atoms with Crippen LogP contribution in [0, 0.1) is 0 Å². The molecular weight excluding hydrogens is 205 g/mol. The number of alkyl halides is 2. The van der Waals surface area contributed by atoms with Crippen molar-refractivity contribution in [3.05, 3.63) is 0 Å². The first-order valence-corrected chi connectivity index (χ1v) is 5.71. The summed E-state index contributed by atoms with van der Waals surface area (Å²) >= 11 is 0.311. The summed E-state index contributed by atoms with van der Waals surface area (Å²) in [7, 11) is 1.64. The van der Waals surface area contributed by atoms with Crippen LogP contribution in [-0.4, -0.2) is 22.7 Å². The quantitative estimate of drug-likeness (QED) is 0.304. The Bertz CT molecular complexity index is 42.7. The summed E-state index contributed by atoms with van der Waals surface area (Å²) in [5.41, 5.74) is 5.39. The zero-order valence-corrected chi connectivity index (χ0v) is 6.81. The van der Waals surface area contributed by atoms with E-state index in [1.165, 1.54) is 0 Å². The van der Waals surface area contributed by atoms with Crippen LogP contribution in [0.5, 0.6) is 0 Å². The normalized spacial score (nSPS) is 14.7. The molecule has 0 saturated heterocycles. The molecule has 46 valence electrons. The van der Waals surface area contributed by atoms with Crippen molar-refractivity contribution in [3.63, 3.8) is 0 Å². The molecule has 0 bridgehead atoms. The summed E-state index contributed by atoms with van der Waals surface area (Å²) in [4.78, 5) is 2.19. The van der Waals surface area contributed by atoms with Crippen LogP contribution in [-0.2, 0) is 4.74 Å². The van der Waals surface area contributed by atoms with E-state index in [2.05, 4.69) is 4.93 Å². The predicted molar refractivity (Wildman–Crippen MR) is 25.8 cm³/mol. The average Bonchev–Trinajstić information content (AvgIpc) is 1.68. The van der Waals surface area contributed by atoms with Crippen LogP contribution in [0.15, 0.2) is 0 Å². The van der Waals surface area contributed by atoms with Crippen LogP contribution >= 0.6 is 0 Å². The summed E-state index contributed by atoms with van der Waals surface area (Å²) in [6.07, 6.45) is -0.00204. The maximum atomic E-state index is 5.39. The van der Waals surface area contributed by atoms with E-state index in [1.54, 1.807) is 7.11 Å². The van der Waals surface area contributed by atoms with Gasteiger partial charge in [0.15, 0.2) is 0 Å². The number of methoxy groups -OCH3 is 1. The molecule has 0 fully saturated rings. The summed E-state index contributed by atoms with van der Waals surface area (Å²) in [5.74, 6) is 0. The topological polar surface area (TPSA) is 35.2 Å². The third-order valence-corrected chi connectivity index (χ3v) is 2.36. The van der Waals surface area contributed by atoms with E-state index in [9.17, 15) is 0 Å². The third-order valence-electron chi connectivity index (χ3n) is 0.609. The van der Waals surface area contributed by atoms with Gasteiger partial charge in [-0.2, -0.15) is 0 Å². The third kappa shape index (κ3) is 4.50. The van der Waals surface area contributed by atoms with Crippen molar-refractivity contribution < 1.29 is 25.9 Å². The maximum absolute atomic E-state index is 5.39. The van der Waals surface area contributed by atoms with E-state index in [1.807, 2.05) is 0 Å². The number of rotatable bonds is 3. The molecule has 0 saturated carbocycles. The van der Waals surface area contributed by atoms with Crippen molar-refractivity contribution in [2.75, 3.05) is 16.5 Å². The van der Waals surface area contributed by atoms with Gasteiger partial charge in [0.25, 0.3) is 0 Å². The minimum atomic E-state index is -0.00204. The van der Waals surface area contributed by atoms with Gasteiger partial charge in [0.05, 0.1) is 0 Å². The van der Waals surface area contributed by atoms with Gasteiger partial charge in [-0.05, 0) is 0 Å². The molecule has 2 nitrogen and oxygen atoms in total. The Morgan fingerprint density at radius 3 is 2.57 bits per heavy atom. The monoisotopic (exact) mass is 216 g/mol. The molecule has 0 aromatic carbocycles. The van der Waals surface area contributed by atoms with Crippen LogP contribution < -0.4 is 26.9 Å². The Morgan fingerprint density at radius 1 is 1.86 bits per heavy atom. The van der Waals surface area contributed by atoms with E-state index in [0.717, 1.165) is 4.43 Å². The zero-order valence-electron chi connectivity index (χ0n) is 4.65. The number of hydrogen-bond donors (Lipinski definition) is 1. The van der Waals surface area contributed by atoms with Crippen molar-refractivity contribution in [2.45, 2.75) is 6.23 Å². The number of halogens is 1. The molecule has 0 aliphatic rings. The van der Waals surface area contributed by atoms with Gasteiger partial charge in [-0.15, -0.1) is 0 Å². The molecule has 0 rings (SSSR count). The molecule has 0 heterocycles. The number of hydrogen-bond acceptors (Lipinski definition) is 2. The molecule has 1 atom stereocenters. The fourth-order valence-electron chi connectivity index (χ4n) is 0.215. The fourth-order valence-corrected chi connectivity index (χ4v) is 1.44. The van der Waals surface area contributed by atoms with Gasteiger partial charge in [-0.25, -0.2) is 0 Å². The second-order valence-corrected chi connectivity index (χ2v) is 3.60. The van der Waals surface area contributed by atoms with Crippen LogP contribution in [0.1, 0.15) is 0 Å². The average molecular weight is 216 g/mol. The number of nitrogens with two attached hydrogens (primary N) is 1. The van der Waals surface area contributed by atoms with Crippen molar-refractivity contribution in [1.29, 1.82) is 0 Å². The van der Waals surface area contributed by atoms with Crippen molar-refractivity contribution in [3.8, 4) is 0 Å². The molecule has 0 aromatic rings.